The third kappa shape index (κ3) is 5.68. The van der Waals surface area contributed by atoms with Crippen molar-refractivity contribution in [2.75, 3.05) is 26.2 Å². The highest BCUT2D eigenvalue weighted by Crippen LogP contribution is 2.34. The molecule has 2 aliphatic heterocycles. The number of carbonyl (C=O) groups excluding carboxylic acids is 1. The molecule has 0 spiro atoms. The molecule has 3 aliphatic rings. The van der Waals surface area contributed by atoms with Crippen LogP contribution in [0.5, 0.6) is 0 Å². The van der Waals surface area contributed by atoms with Crippen molar-refractivity contribution >= 4 is 15.9 Å². The van der Waals surface area contributed by atoms with Crippen molar-refractivity contribution in [1.29, 1.82) is 0 Å². The van der Waals surface area contributed by atoms with Gasteiger partial charge in [0.05, 0.1) is 23.2 Å². The molecule has 1 aliphatic carbocycles. The lowest BCUT2D eigenvalue weighted by Gasteiger charge is -2.33. The molecule has 2 aromatic carbocycles. The molecule has 0 bridgehead atoms. The summed E-state index contributed by atoms with van der Waals surface area (Å²) in [6, 6.07) is 12.8. The Hall–Kier alpha value is -3.12. The van der Waals surface area contributed by atoms with Crippen LogP contribution in [0.2, 0.25) is 0 Å². The van der Waals surface area contributed by atoms with E-state index >= 15 is 0 Å². The molecule has 2 saturated heterocycles. The third-order valence-corrected chi connectivity index (χ3v) is 10.7. The summed E-state index contributed by atoms with van der Waals surface area (Å²) in [4.78, 5) is 15.5. The maximum atomic E-state index is 13.5. The van der Waals surface area contributed by atoms with Gasteiger partial charge in [-0.2, -0.15) is 4.31 Å². The van der Waals surface area contributed by atoms with E-state index in [1.54, 1.807) is 24.3 Å². The smallest absolute Gasteiger partial charge is 0.243 e. The predicted molar refractivity (Wildman–Crippen MR) is 154 cm³/mol. The minimum absolute atomic E-state index is 0.0404. The molecule has 218 valence electrons. The Bertz CT molecular complexity index is 1510. The van der Waals surface area contributed by atoms with Crippen molar-refractivity contribution in [1.82, 2.24) is 29.5 Å². The van der Waals surface area contributed by atoms with Crippen LogP contribution in [0.3, 0.4) is 0 Å². The molecule has 3 aromatic rings. The predicted octanol–water partition coefficient (Wildman–Crippen LogP) is 2.20. The first kappa shape index (κ1) is 28.0. The van der Waals surface area contributed by atoms with Crippen LogP contribution in [0.1, 0.15) is 59.7 Å². The Kier molecular flexibility index (Phi) is 7.95. The number of aliphatic hydroxyl groups is 1. The Morgan fingerprint density at radius 2 is 1.90 bits per heavy atom. The van der Waals surface area contributed by atoms with E-state index < -0.39 is 16.1 Å². The summed E-state index contributed by atoms with van der Waals surface area (Å²) in [5.41, 5.74) is 5.37. The van der Waals surface area contributed by atoms with Gasteiger partial charge in [-0.15, -0.1) is 5.10 Å². The molecule has 2 N–H and O–H groups in total. The van der Waals surface area contributed by atoms with Gasteiger partial charge in [0, 0.05) is 38.3 Å². The van der Waals surface area contributed by atoms with Crippen molar-refractivity contribution in [2.45, 2.75) is 75.0 Å². The summed E-state index contributed by atoms with van der Waals surface area (Å²) >= 11 is 0. The van der Waals surface area contributed by atoms with Crippen LogP contribution in [0.4, 0.5) is 0 Å². The maximum Gasteiger partial charge on any atom is 0.243 e. The van der Waals surface area contributed by atoms with Crippen LogP contribution in [0, 0.1) is 6.92 Å². The summed E-state index contributed by atoms with van der Waals surface area (Å²) in [7, 11) is -3.85. The van der Waals surface area contributed by atoms with Crippen molar-refractivity contribution in [2.24, 2.45) is 0 Å². The second-order valence-corrected chi connectivity index (χ2v) is 13.4. The molecular formula is C30H38N6O4S. The number of hydrogen-bond acceptors (Lipinski definition) is 7. The van der Waals surface area contributed by atoms with E-state index in [1.807, 2.05) is 17.8 Å². The fourth-order valence-corrected chi connectivity index (χ4v) is 8.13. The number of fused-ring (bicyclic) bond motifs is 1. The summed E-state index contributed by atoms with van der Waals surface area (Å²) in [5, 5.41) is 21.3. The van der Waals surface area contributed by atoms with Crippen molar-refractivity contribution in [3.8, 4) is 0 Å². The second-order valence-electron chi connectivity index (χ2n) is 11.5. The van der Waals surface area contributed by atoms with Crippen LogP contribution in [-0.2, 0) is 34.2 Å². The van der Waals surface area contributed by atoms with Gasteiger partial charge in [0.15, 0.2) is 0 Å². The van der Waals surface area contributed by atoms with Gasteiger partial charge in [-0.1, -0.05) is 41.1 Å². The lowest BCUT2D eigenvalue weighted by atomic mass is 9.86. The van der Waals surface area contributed by atoms with Crippen LogP contribution >= 0.6 is 0 Å². The van der Waals surface area contributed by atoms with Crippen LogP contribution < -0.4 is 5.32 Å². The fraction of sp³-hybridized carbons (Fsp3) is 0.500. The fourth-order valence-electron chi connectivity index (χ4n) is 6.54. The quantitative estimate of drug-likeness (QED) is 0.421. The SMILES string of the molecule is Cc1ccc(S(=O)(=O)N2CCNC(=O)[C@H]2Cc2cn([C@@H]3CCCc4cc(CN5CCC[C@H]5CO)ccc43)nn2)cc1. The van der Waals surface area contributed by atoms with Gasteiger partial charge in [-0.05, 0) is 74.4 Å². The molecule has 3 heterocycles. The number of nitrogens with zero attached hydrogens (tertiary/aromatic N) is 5. The van der Waals surface area contributed by atoms with Gasteiger partial charge in [-0.3, -0.25) is 9.69 Å². The monoisotopic (exact) mass is 578 g/mol. The number of likely N-dealkylation sites (tertiary alicyclic amines) is 1. The second kappa shape index (κ2) is 11.6. The number of aryl methyl sites for hydroxylation is 2. The zero-order valence-corrected chi connectivity index (χ0v) is 24.3. The van der Waals surface area contributed by atoms with Crippen molar-refractivity contribution in [3.05, 3.63) is 76.6 Å². The first-order valence-corrected chi connectivity index (χ1v) is 16.0. The Labute approximate surface area is 241 Å². The van der Waals surface area contributed by atoms with Gasteiger partial charge in [-0.25, -0.2) is 13.1 Å². The molecule has 11 heteroatoms. The van der Waals surface area contributed by atoms with Gasteiger partial charge in [0.25, 0.3) is 0 Å². The molecule has 0 saturated carbocycles. The summed E-state index contributed by atoms with van der Waals surface area (Å²) < 4.78 is 30.2. The molecule has 1 amide bonds. The lowest BCUT2D eigenvalue weighted by molar-refractivity contribution is -0.126. The number of aromatic nitrogens is 3. The van der Waals surface area contributed by atoms with E-state index in [-0.39, 0.29) is 49.0 Å². The highest BCUT2D eigenvalue weighted by molar-refractivity contribution is 7.89. The Balaban J connectivity index is 1.20. The minimum atomic E-state index is -3.85. The molecule has 0 unspecified atom stereocenters. The maximum absolute atomic E-state index is 13.5. The summed E-state index contributed by atoms with van der Waals surface area (Å²) in [5.74, 6) is -0.321. The van der Waals surface area contributed by atoms with E-state index in [9.17, 15) is 18.3 Å². The molecule has 6 rings (SSSR count). The zero-order valence-electron chi connectivity index (χ0n) is 23.4. The van der Waals surface area contributed by atoms with Crippen molar-refractivity contribution < 1.29 is 18.3 Å². The van der Waals surface area contributed by atoms with E-state index in [0.717, 1.165) is 50.8 Å². The van der Waals surface area contributed by atoms with Gasteiger partial charge in [0.2, 0.25) is 15.9 Å². The number of carbonyl (C=O) groups is 1. The first-order chi connectivity index (χ1) is 19.8. The van der Waals surface area contributed by atoms with Crippen molar-refractivity contribution in [3.63, 3.8) is 0 Å². The van der Waals surface area contributed by atoms with E-state index in [0.29, 0.717) is 5.69 Å². The number of nitrogens with one attached hydrogen (secondary N) is 1. The first-order valence-electron chi connectivity index (χ1n) is 14.6. The normalized spacial score (nSPS) is 23.9. The molecule has 10 nitrogen and oxygen atoms in total. The largest absolute Gasteiger partial charge is 0.395 e. The van der Waals surface area contributed by atoms with Gasteiger partial charge < -0.3 is 10.4 Å². The molecule has 2 fully saturated rings. The molecule has 3 atom stereocenters. The van der Waals surface area contributed by atoms with Crippen LogP contribution in [0.25, 0.3) is 0 Å². The van der Waals surface area contributed by atoms with Gasteiger partial charge in [0.1, 0.15) is 6.04 Å². The molecule has 0 radical (unpaired) electrons. The topological polar surface area (TPSA) is 121 Å². The summed E-state index contributed by atoms with van der Waals surface area (Å²) in [6.45, 7) is 4.46. The highest BCUT2D eigenvalue weighted by Gasteiger charge is 2.39. The molecular weight excluding hydrogens is 540 g/mol. The zero-order chi connectivity index (χ0) is 28.6. The van der Waals surface area contributed by atoms with Crippen LogP contribution in [0.15, 0.2) is 53.6 Å². The molecule has 1 aromatic heterocycles. The third-order valence-electron chi connectivity index (χ3n) is 8.77. The number of rotatable bonds is 8. The lowest BCUT2D eigenvalue weighted by Crippen LogP contribution is -2.57. The van der Waals surface area contributed by atoms with E-state index in [4.69, 9.17) is 0 Å². The summed E-state index contributed by atoms with van der Waals surface area (Å²) in [6.07, 6.45) is 7.18. The number of aliphatic hydroxyl groups excluding tert-OH is 1. The Morgan fingerprint density at radius 3 is 2.71 bits per heavy atom. The van der Waals surface area contributed by atoms with Crippen LogP contribution in [-0.4, -0.2) is 82.0 Å². The molecule has 41 heavy (non-hydrogen) atoms. The standard InChI is InChI=1S/C30H38N6O4S/c1-21-7-10-26(11-8-21)41(39,40)36-15-13-31-30(38)29(36)17-24-19-35(33-32-24)28-6-2-4-23-16-22(9-12-27(23)28)18-34-14-3-5-25(34)20-37/h7-12,16,19,25,28-29,37H,2-6,13-15,17-18,20H2,1H3,(H,31,38)/t25-,28+,29+/m0/s1. The number of sulfonamides is 1. The average molecular weight is 579 g/mol. The number of benzene rings is 2. The highest BCUT2D eigenvalue weighted by atomic mass is 32.2. The van der Waals surface area contributed by atoms with E-state index in [1.165, 1.54) is 21.0 Å². The van der Waals surface area contributed by atoms with E-state index in [2.05, 4.69) is 38.7 Å². The Morgan fingerprint density at radius 1 is 1.07 bits per heavy atom. The number of piperazine rings is 1. The number of amides is 1. The minimum Gasteiger partial charge on any atom is -0.395 e. The average Bonchev–Trinajstić information content (AvgIpc) is 3.63. The van der Waals surface area contributed by atoms with Gasteiger partial charge >= 0.3 is 0 Å². The number of hydrogen-bond donors (Lipinski definition) is 2.